The topological polar surface area (TPSA) is 134 Å². The highest BCUT2D eigenvalue weighted by molar-refractivity contribution is 5.83. The van der Waals surface area contributed by atoms with E-state index in [0.29, 0.717) is 5.56 Å². The maximum Gasteiger partial charge on any atom is 0.330 e. The maximum absolute atomic E-state index is 11.5. The van der Waals surface area contributed by atoms with Crippen LogP contribution in [0, 0.1) is 0 Å². The summed E-state index contributed by atoms with van der Waals surface area (Å²) in [5, 5.41) is 16.1. The summed E-state index contributed by atoms with van der Waals surface area (Å²) in [5.74, 6) is -1.17. The van der Waals surface area contributed by atoms with Gasteiger partial charge in [0.2, 0.25) is 0 Å². The minimum atomic E-state index is -1.17. The van der Waals surface area contributed by atoms with Gasteiger partial charge in [0.1, 0.15) is 0 Å². The highest BCUT2D eigenvalue weighted by atomic mass is 16.4. The fourth-order valence-electron chi connectivity index (χ4n) is 1.48. The molecule has 0 aliphatic rings. The molecule has 1 rings (SSSR count). The second-order valence-corrected chi connectivity index (χ2v) is 3.87. The van der Waals surface area contributed by atoms with Crippen LogP contribution in [0.15, 0.2) is 30.3 Å². The smallest absolute Gasteiger partial charge is 0.330 e. The highest BCUT2D eigenvalue weighted by Gasteiger charge is 2.21. The van der Waals surface area contributed by atoms with E-state index in [0.717, 1.165) is 0 Å². The summed E-state index contributed by atoms with van der Waals surface area (Å²) in [7, 11) is 0. The van der Waals surface area contributed by atoms with Crippen molar-refractivity contribution in [3.63, 3.8) is 0 Å². The van der Waals surface area contributed by atoms with E-state index in [1.54, 1.807) is 30.3 Å². The Morgan fingerprint density at radius 2 is 1.70 bits per heavy atom. The number of hydrogen-bond acceptors (Lipinski definition) is 3. The molecule has 1 unspecified atom stereocenters. The Bertz CT molecular complexity index is 478. The van der Waals surface area contributed by atoms with Crippen molar-refractivity contribution in [3.8, 4) is 0 Å². The SMILES string of the molecule is NC(=O)NCCNC(=O)NC(C(=O)O)c1ccccc1. The summed E-state index contributed by atoms with van der Waals surface area (Å²) >= 11 is 0. The summed E-state index contributed by atoms with van der Waals surface area (Å²) in [6.45, 7) is 0.293. The number of nitrogens with two attached hydrogens (primary N) is 1. The van der Waals surface area contributed by atoms with Crippen LogP contribution in [0.3, 0.4) is 0 Å². The number of rotatable bonds is 6. The summed E-state index contributed by atoms with van der Waals surface area (Å²) in [6, 6.07) is 5.84. The van der Waals surface area contributed by atoms with E-state index in [2.05, 4.69) is 16.0 Å². The molecule has 0 saturated heterocycles. The van der Waals surface area contributed by atoms with Crippen LogP contribution in [0.1, 0.15) is 11.6 Å². The third kappa shape index (κ3) is 5.25. The molecule has 0 aliphatic heterocycles. The number of carbonyl (C=O) groups is 3. The van der Waals surface area contributed by atoms with Crippen molar-refractivity contribution < 1.29 is 19.5 Å². The number of nitrogens with one attached hydrogen (secondary N) is 3. The number of carbonyl (C=O) groups excluding carboxylic acids is 2. The van der Waals surface area contributed by atoms with E-state index in [1.807, 2.05) is 0 Å². The first-order chi connectivity index (χ1) is 9.50. The van der Waals surface area contributed by atoms with Crippen molar-refractivity contribution in [1.29, 1.82) is 0 Å². The van der Waals surface area contributed by atoms with E-state index < -0.39 is 24.1 Å². The zero-order chi connectivity index (χ0) is 15.0. The van der Waals surface area contributed by atoms with Crippen molar-refractivity contribution in [1.82, 2.24) is 16.0 Å². The van der Waals surface area contributed by atoms with Crippen LogP contribution >= 0.6 is 0 Å². The van der Waals surface area contributed by atoms with Crippen molar-refractivity contribution in [2.45, 2.75) is 6.04 Å². The van der Waals surface area contributed by atoms with Crippen molar-refractivity contribution in [2.24, 2.45) is 5.73 Å². The molecule has 1 aromatic rings. The molecular formula is C12H16N4O4. The number of primary amides is 1. The molecule has 108 valence electrons. The van der Waals surface area contributed by atoms with Crippen LogP contribution in [0.25, 0.3) is 0 Å². The number of carboxylic acids is 1. The summed E-state index contributed by atoms with van der Waals surface area (Å²) in [4.78, 5) is 33.1. The average Bonchev–Trinajstić information content (AvgIpc) is 2.41. The fraction of sp³-hybridized carbons (Fsp3) is 0.250. The fourth-order valence-corrected chi connectivity index (χ4v) is 1.48. The van der Waals surface area contributed by atoms with Gasteiger partial charge in [-0.2, -0.15) is 0 Å². The quantitative estimate of drug-likeness (QED) is 0.460. The minimum Gasteiger partial charge on any atom is -0.479 e. The minimum absolute atomic E-state index is 0.135. The zero-order valence-corrected chi connectivity index (χ0v) is 10.6. The molecule has 0 fully saturated rings. The third-order valence-electron chi connectivity index (χ3n) is 2.37. The summed E-state index contributed by atoms with van der Waals surface area (Å²) in [6.07, 6.45) is 0. The second kappa shape index (κ2) is 7.62. The lowest BCUT2D eigenvalue weighted by molar-refractivity contribution is -0.139. The Kier molecular flexibility index (Phi) is 5.82. The molecule has 1 aromatic carbocycles. The number of carboxylic acid groups (broad SMARTS) is 1. The number of amides is 4. The van der Waals surface area contributed by atoms with E-state index in [1.165, 1.54) is 0 Å². The zero-order valence-electron chi connectivity index (χ0n) is 10.6. The molecule has 0 saturated carbocycles. The first kappa shape index (κ1) is 15.3. The Balaban J connectivity index is 2.48. The van der Waals surface area contributed by atoms with E-state index >= 15 is 0 Å². The second-order valence-electron chi connectivity index (χ2n) is 3.87. The van der Waals surface area contributed by atoms with E-state index in [9.17, 15) is 14.4 Å². The lowest BCUT2D eigenvalue weighted by Crippen LogP contribution is -2.44. The highest BCUT2D eigenvalue weighted by Crippen LogP contribution is 2.12. The van der Waals surface area contributed by atoms with Crippen LogP contribution in [-0.4, -0.2) is 36.2 Å². The number of hydrogen-bond donors (Lipinski definition) is 5. The van der Waals surface area contributed by atoms with Crippen LogP contribution < -0.4 is 21.7 Å². The van der Waals surface area contributed by atoms with E-state index in [4.69, 9.17) is 10.8 Å². The van der Waals surface area contributed by atoms with Gasteiger partial charge in [-0.05, 0) is 5.56 Å². The number of aliphatic carboxylic acids is 1. The molecule has 4 amide bonds. The van der Waals surface area contributed by atoms with Crippen molar-refractivity contribution in [2.75, 3.05) is 13.1 Å². The third-order valence-corrected chi connectivity index (χ3v) is 2.37. The molecule has 0 radical (unpaired) electrons. The van der Waals surface area contributed by atoms with Gasteiger partial charge in [0.15, 0.2) is 6.04 Å². The Morgan fingerprint density at radius 3 is 2.25 bits per heavy atom. The molecule has 1 atom stereocenters. The Morgan fingerprint density at radius 1 is 1.10 bits per heavy atom. The molecule has 20 heavy (non-hydrogen) atoms. The molecule has 8 nitrogen and oxygen atoms in total. The lowest BCUT2D eigenvalue weighted by Gasteiger charge is -2.15. The molecule has 0 heterocycles. The largest absolute Gasteiger partial charge is 0.479 e. The number of benzene rings is 1. The van der Waals surface area contributed by atoms with Gasteiger partial charge in [-0.1, -0.05) is 30.3 Å². The van der Waals surface area contributed by atoms with Gasteiger partial charge in [0, 0.05) is 13.1 Å². The van der Waals surface area contributed by atoms with Crippen LogP contribution in [0.2, 0.25) is 0 Å². The van der Waals surface area contributed by atoms with Gasteiger partial charge in [-0.25, -0.2) is 14.4 Å². The molecule has 0 aromatic heterocycles. The predicted molar refractivity (Wildman–Crippen MR) is 70.9 cm³/mol. The first-order valence-corrected chi connectivity index (χ1v) is 5.86. The molecule has 6 N–H and O–H groups in total. The molecule has 0 bridgehead atoms. The standard InChI is InChI=1S/C12H16N4O4/c13-11(19)14-6-7-15-12(20)16-9(10(17)18)8-4-2-1-3-5-8/h1-5,9H,6-7H2,(H,17,18)(H3,13,14,19)(H2,15,16,20). The van der Waals surface area contributed by atoms with Gasteiger partial charge in [-0.15, -0.1) is 0 Å². The Hall–Kier alpha value is -2.77. The Labute approximate surface area is 115 Å². The van der Waals surface area contributed by atoms with E-state index in [-0.39, 0.29) is 13.1 Å². The van der Waals surface area contributed by atoms with Gasteiger partial charge in [0.25, 0.3) is 0 Å². The summed E-state index contributed by atoms with van der Waals surface area (Å²) in [5.41, 5.74) is 5.31. The summed E-state index contributed by atoms with van der Waals surface area (Å²) < 4.78 is 0. The van der Waals surface area contributed by atoms with Crippen molar-refractivity contribution in [3.05, 3.63) is 35.9 Å². The normalized spacial score (nSPS) is 11.2. The van der Waals surface area contributed by atoms with Gasteiger partial charge in [0.05, 0.1) is 0 Å². The van der Waals surface area contributed by atoms with Gasteiger partial charge in [-0.3, -0.25) is 0 Å². The van der Waals surface area contributed by atoms with Crippen LogP contribution in [0.5, 0.6) is 0 Å². The van der Waals surface area contributed by atoms with Crippen molar-refractivity contribution >= 4 is 18.0 Å². The van der Waals surface area contributed by atoms with Gasteiger partial charge < -0.3 is 26.8 Å². The molecule has 0 spiro atoms. The first-order valence-electron chi connectivity index (χ1n) is 5.86. The number of urea groups is 2. The predicted octanol–water partition coefficient (Wildman–Crippen LogP) is -0.220. The molecule has 8 heteroatoms. The van der Waals surface area contributed by atoms with Crippen LogP contribution in [-0.2, 0) is 4.79 Å². The lowest BCUT2D eigenvalue weighted by atomic mass is 10.1. The van der Waals surface area contributed by atoms with Crippen LogP contribution in [0.4, 0.5) is 9.59 Å². The molecule has 0 aliphatic carbocycles. The molecular weight excluding hydrogens is 264 g/mol. The monoisotopic (exact) mass is 280 g/mol. The van der Waals surface area contributed by atoms with Gasteiger partial charge >= 0.3 is 18.0 Å². The average molecular weight is 280 g/mol. The maximum atomic E-state index is 11.5.